The summed E-state index contributed by atoms with van der Waals surface area (Å²) in [5.74, 6) is 0.782. The fourth-order valence-electron chi connectivity index (χ4n) is 3.12. The van der Waals surface area contributed by atoms with Crippen LogP contribution in [0.4, 0.5) is 0 Å². The van der Waals surface area contributed by atoms with Crippen molar-refractivity contribution in [2.45, 2.75) is 39.2 Å². The van der Waals surface area contributed by atoms with Gasteiger partial charge in [-0.15, -0.1) is 0 Å². The number of likely N-dealkylation sites (tertiary alicyclic amines) is 1. The number of carbonyl (C=O) groups excluding carboxylic acids is 1. The molecule has 1 heterocycles. The molecule has 0 aromatic heterocycles. The van der Waals surface area contributed by atoms with Crippen molar-refractivity contribution >= 4 is 5.91 Å². The molecule has 0 aliphatic carbocycles. The first-order chi connectivity index (χ1) is 10.1. The van der Waals surface area contributed by atoms with Crippen LogP contribution in [0.15, 0.2) is 30.3 Å². The van der Waals surface area contributed by atoms with Crippen LogP contribution in [0, 0.1) is 11.8 Å². The number of rotatable bonds is 5. The van der Waals surface area contributed by atoms with Gasteiger partial charge in [-0.25, -0.2) is 0 Å². The van der Waals surface area contributed by atoms with Gasteiger partial charge in [0.1, 0.15) is 0 Å². The molecular weight excluding hydrogens is 260 g/mol. The molecule has 1 N–H and O–H groups in total. The van der Waals surface area contributed by atoms with Crippen LogP contribution in [0.1, 0.15) is 32.3 Å². The minimum Gasteiger partial charge on any atom is -0.341 e. The Morgan fingerprint density at radius 3 is 2.67 bits per heavy atom. The Bertz CT molecular complexity index is 444. The van der Waals surface area contributed by atoms with Crippen molar-refractivity contribution in [3.63, 3.8) is 0 Å². The van der Waals surface area contributed by atoms with Gasteiger partial charge in [0.15, 0.2) is 0 Å². The Labute approximate surface area is 128 Å². The average Bonchev–Trinajstić information content (AvgIpc) is 2.52. The van der Waals surface area contributed by atoms with E-state index in [1.54, 1.807) is 0 Å². The quantitative estimate of drug-likeness (QED) is 0.903. The molecule has 2 rings (SSSR count). The second-order valence-corrected chi connectivity index (χ2v) is 6.45. The molecule has 0 spiro atoms. The maximum absolute atomic E-state index is 12.9. The second kappa shape index (κ2) is 7.60. The standard InChI is InChI=1S/C18H28N2O/c1-14(2)17(12-15-8-5-4-6-9-15)18(21)20-11-7-10-16(13-20)19-3/h4-6,8-9,14,16-17,19H,7,10-13H2,1-3H3. The number of likely N-dealkylation sites (N-methyl/N-ethyl adjacent to an activating group) is 1. The maximum atomic E-state index is 12.9. The van der Waals surface area contributed by atoms with Gasteiger partial charge in [0.05, 0.1) is 0 Å². The molecular formula is C18H28N2O. The Morgan fingerprint density at radius 2 is 2.05 bits per heavy atom. The number of benzene rings is 1. The number of hydrogen-bond donors (Lipinski definition) is 1. The van der Waals surface area contributed by atoms with E-state index < -0.39 is 0 Å². The van der Waals surface area contributed by atoms with E-state index in [0.717, 1.165) is 25.9 Å². The Morgan fingerprint density at radius 1 is 1.33 bits per heavy atom. The largest absolute Gasteiger partial charge is 0.341 e. The fourth-order valence-corrected chi connectivity index (χ4v) is 3.12. The van der Waals surface area contributed by atoms with E-state index in [4.69, 9.17) is 0 Å². The fraction of sp³-hybridized carbons (Fsp3) is 0.611. The van der Waals surface area contributed by atoms with Crippen LogP contribution in [-0.4, -0.2) is 37.0 Å². The van der Waals surface area contributed by atoms with Crippen LogP contribution in [0.3, 0.4) is 0 Å². The molecule has 1 aliphatic rings. The highest BCUT2D eigenvalue weighted by Gasteiger charge is 2.30. The molecule has 21 heavy (non-hydrogen) atoms. The monoisotopic (exact) mass is 288 g/mol. The van der Waals surface area contributed by atoms with Gasteiger partial charge >= 0.3 is 0 Å². The number of nitrogens with zero attached hydrogens (tertiary/aromatic N) is 1. The van der Waals surface area contributed by atoms with E-state index in [9.17, 15) is 4.79 Å². The lowest BCUT2D eigenvalue weighted by molar-refractivity contribution is -0.138. The van der Waals surface area contributed by atoms with Gasteiger partial charge in [-0.2, -0.15) is 0 Å². The molecule has 3 heteroatoms. The lowest BCUT2D eigenvalue weighted by atomic mass is 9.87. The molecule has 3 nitrogen and oxygen atoms in total. The summed E-state index contributed by atoms with van der Waals surface area (Å²) in [6.07, 6.45) is 3.12. The summed E-state index contributed by atoms with van der Waals surface area (Å²) >= 11 is 0. The third kappa shape index (κ3) is 4.31. The molecule has 1 aromatic rings. The molecule has 0 bridgehead atoms. The molecule has 1 saturated heterocycles. The van der Waals surface area contributed by atoms with Crippen LogP contribution in [-0.2, 0) is 11.2 Å². The number of hydrogen-bond acceptors (Lipinski definition) is 2. The molecule has 1 aliphatic heterocycles. The molecule has 116 valence electrons. The van der Waals surface area contributed by atoms with E-state index in [-0.39, 0.29) is 5.92 Å². The SMILES string of the molecule is CNC1CCCN(C(=O)C(Cc2ccccc2)C(C)C)C1. The minimum atomic E-state index is 0.0861. The first kappa shape index (κ1) is 16.0. The summed E-state index contributed by atoms with van der Waals surface area (Å²) in [5.41, 5.74) is 1.26. The summed E-state index contributed by atoms with van der Waals surface area (Å²) in [6, 6.07) is 10.8. The summed E-state index contributed by atoms with van der Waals surface area (Å²) in [7, 11) is 1.99. The summed E-state index contributed by atoms with van der Waals surface area (Å²) in [4.78, 5) is 15.0. The van der Waals surface area contributed by atoms with E-state index in [1.165, 1.54) is 12.0 Å². The van der Waals surface area contributed by atoms with Crippen LogP contribution in [0.25, 0.3) is 0 Å². The van der Waals surface area contributed by atoms with Gasteiger partial charge in [-0.3, -0.25) is 4.79 Å². The topological polar surface area (TPSA) is 32.3 Å². The number of nitrogens with one attached hydrogen (secondary N) is 1. The Kier molecular flexibility index (Phi) is 5.80. The first-order valence-electron chi connectivity index (χ1n) is 8.11. The van der Waals surface area contributed by atoms with Crippen molar-refractivity contribution in [1.29, 1.82) is 0 Å². The van der Waals surface area contributed by atoms with Gasteiger partial charge in [-0.05, 0) is 37.8 Å². The van der Waals surface area contributed by atoms with Crippen molar-refractivity contribution < 1.29 is 4.79 Å². The van der Waals surface area contributed by atoms with Crippen molar-refractivity contribution in [3.8, 4) is 0 Å². The normalized spacial score (nSPS) is 20.6. The number of amides is 1. The zero-order valence-electron chi connectivity index (χ0n) is 13.5. The van der Waals surface area contributed by atoms with Crippen molar-refractivity contribution in [2.75, 3.05) is 20.1 Å². The number of piperidine rings is 1. The van der Waals surface area contributed by atoms with Crippen molar-refractivity contribution in [3.05, 3.63) is 35.9 Å². The zero-order valence-corrected chi connectivity index (χ0v) is 13.5. The van der Waals surface area contributed by atoms with Gasteiger partial charge in [0, 0.05) is 25.0 Å². The summed E-state index contributed by atoms with van der Waals surface area (Å²) in [6.45, 7) is 6.08. The molecule has 1 aromatic carbocycles. The van der Waals surface area contributed by atoms with Crippen molar-refractivity contribution in [2.24, 2.45) is 11.8 Å². The van der Waals surface area contributed by atoms with E-state index in [0.29, 0.717) is 17.9 Å². The molecule has 2 atom stereocenters. The van der Waals surface area contributed by atoms with Crippen LogP contribution >= 0.6 is 0 Å². The zero-order chi connectivity index (χ0) is 15.2. The number of carbonyl (C=O) groups is 1. The van der Waals surface area contributed by atoms with Gasteiger partial charge < -0.3 is 10.2 Å². The first-order valence-corrected chi connectivity index (χ1v) is 8.11. The predicted molar refractivity (Wildman–Crippen MR) is 87.1 cm³/mol. The summed E-state index contributed by atoms with van der Waals surface area (Å²) < 4.78 is 0. The highest BCUT2D eigenvalue weighted by Crippen LogP contribution is 2.22. The van der Waals surface area contributed by atoms with E-state index in [1.807, 2.05) is 13.1 Å². The third-order valence-electron chi connectivity index (χ3n) is 4.56. The molecule has 2 unspecified atom stereocenters. The van der Waals surface area contributed by atoms with Crippen LogP contribution < -0.4 is 5.32 Å². The van der Waals surface area contributed by atoms with Gasteiger partial charge in [0.25, 0.3) is 0 Å². The molecule has 1 amide bonds. The molecule has 0 radical (unpaired) electrons. The maximum Gasteiger partial charge on any atom is 0.226 e. The predicted octanol–water partition coefficient (Wildman–Crippen LogP) is 2.71. The average molecular weight is 288 g/mol. The Hall–Kier alpha value is -1.35. The smallest absolute Gasteiger partial charge is 0.226 e. The highest BCUT2D eigenvalue weighted by molar-refractivity contribution is 5.79. The third-order valence-corrected chi connectivity index (χ3v) is 4.56. The second-order valence-electron chi connectivity index (χ2n) is 6.45. The van der Waals surface area contributed by atoms with E-state index in [2.05, 4.69) is 48.3 Å². The Balaban J connectivity index is 2.05. The minimum absolute atomic E-state index is 0.0861. The molecule has 1 fully saturated rings. The lowest BCUT2D eigenvalue weighted by Gasteiger charge is -2.36. The molecule has 0 saturated carbocycles. The lowest BCUT2D eigenvalue weighted by Crippen LogP contribution is -2.49. The highest BCUT2D eigenvalue weighted by atomic mass is 16.2. The van der Waals surface area contributed by atoms with Crippen LogP contribution in [0.5, 0.6) is 0 Å². The van der Waals surface area contributed by atoms with Crippen molar-refractivity contribution in [1.82, 2.24) is 10.2 Å². The van der Waals surface area contributed by atoms with Gasteiger partial charge in [-0.1, -0.05) is 44.2 Å². The van der Waals surface area contributed by atoms with E-state index >= 15 is 0 Å². The summed E-state index contributed by atoms with van der Waals surface area (Å²) in [5, 5.41) is 3.31. The van der Waals surface area contributed by atoms with Crippen LogP contribution in [0.2, 0.25) is 0 Å². The van der Waals surface area contributed by atoms with Gasteiger partial charge in [0.2, 0.25) is 5.91 Å².